The Hall–Kier alpha value is -3.16. The Morgan fingerprint density at radius 2 is 1.76 bits per heavy atom. The Bertz CT molecular complexity index is 1520. The van der Waals surface area contributed by atoms with Crippen molar-refractivity contribution < 1.29 is 28.6 Å². The summed E-state index contributed by atoms with van der Waals surface area (Å²) in [5, 5.41) is 11.0. The maximum atomic E-state index is 14.0. The lowest BCUT2D eigenvalue weighted by atomic mass is 9.81. The fourth-order valence-corrected chi connectivity index (χ4v) is 6.62. The van der Waals surface area contributed by atoms with Crippen molar-refractivity contribution in [2.24, 2.45) is 0 Å². The number of nitrogens with zero attached hydrogens (tertiary/aromatic N) is 1. The molecule has 8 heteroatoms. The van der Waals surface area contributed by atoms with Gasteiger partial charge in [-0.2, -0.15) is 0 Å². The molecule has 1 atom stereocenters. The topological polar surface area (TPSA) is 76.1 Å². The minimum Gasteiger partial charge on any atom is -0.492 e. The van der Waals surface area contributed by atoms with Gasteiger partial charge in [0.1, 0.15) is 11.6 Å². The van der Waals surface area contributed by atoms with Gasteiger partial charge in [0.2, 0.25) is 0 Å². The highest BCUT2D eigenvalue weighted by molar-refractivity contribution is 6.32. The number of carboxylic acid groups (broad SMARTS) is 1. The van der Waals surface area contributed by atoms with Crippen LogP contribution in [-0.4, -0.2) is 34.1 Å². The number of ether oxygens (including phenoxy) is 2. The minimum absolute atomic E-state index is 0.233. The molecule has 6 nitrogen and oxygen atoms in total. The molecule has 0 saturated heterocycles. The highest BCUT2D eigenvalue weighted by Gasteiger charge is 2.37. The van der Waals surface area contributed by atoms with Gasteiger partial charge in [0.05, 0.1) is 17.2 Å². The van der Waals surface area contributed by atoms with Crippen LogP contribution in [0.5, 0.6) is 5.75 Å². The number of benzene rings is 2. The monoisotopic (exact) mass is 581 g/mol. The molecular weight excluding hydrogens is 545 g/mol. The molecule has 2 aromatic rings. The van der Waals surface area contributed by atoms with Gasteiger partial charge in [0, 0.05) is 30.6 Å². The molecule has 2 aromatic carbocycles. The lowest BCUT2D eigenvalue weighted by molar-refractivity contribution is -0.160. The van der Waals surface area contributed by atoms with Crippen molar-refractivity contribution in [2.75, 3.05) is 6.61 Å². The first-order chi connectivity index (χ1) is 19.3. The molecule has 0 radical (unpaired) electrons. The summed E-state index contributed by atoms with van der Waals surface area (Å²) in [6, 6.07) is 1.87. The second-order valence-electron chi connectivity index (χ2n) is 12.2. The van der Waals surface area contributed by atoms with E-state index in [2.05, 4.69) is 0 Å². The van der Waals surface area contributed by atoms with Crippen LogP contribution in [0.3, 0.4) is 0 Å². The largest absolute Gasteiger partial charge is 0.492 e. The maximum Gasteiger partial charge on any atom is 0.337 e. The molecule has 0 fully saturated rings. The zero-order valence-corrected chi connectivity index (χ0v) is 25.3. The van der Waals surface area contributed by atoms with E-state index < -0.39 is 17.7 Å². The lowest BCUT2D eigenvalue weighted by Crippen LogP contribution is -2.29. The second kappa shape index (κ2) is 10.9. The van der Waals surface area contributed by atoms with Gasteiger partial charge in [0.15, 0.2) is 6.10 Å². The van der Waals surface area contributed by atoms with Crippen LogP contribution in [-0.2, 0) is 33.8 Å². The molecule has 0 unspecified atom stereocenters. The smallest absolute Gasteiger partial charge is 0.337 e. The first-order valence-corrected chi connectivity index (χ1v) is 14.5. The van der Waals surface area contributed by atoms with Crippen molar-refractivity contribution in [1.82, 2.24) is 4.90 Å². The normalized spacial score (nSPS) is 17.3. The van der Waals surface area contributed by atoms with Crippen molar-refractivity contribution in [1.29, 1.82) is 0 Å². The number of fused-ring (bicyclic) bond motifs is 2. The van der Waals surface area contributed by atoms with E-state index in [1.54, 1.807) is 11.0 Å². The van der Waals surface area contributed by atoms with Gasteiger partial charge in [0.25, 0.3) is 5.91 Å². The number of halogens is 2. The van der Waals surface area contributed by atoms with E-state index in [9.17, 15) is 19.1 Å². The third kappa shape index (κ3) is 5.42. The van der Waals surface area contributed by atoms with Gasteiger partial charge >= 0.3 is 5.97 Å². The maximum absolute atomic E-state index is 14.0. The molecule has 2 heterocycles. The molecule has 0 bridgehead atoms. The van der Waals surface area contributed by atoms with E-state index in [1.165, 1.54) is 6.08 Å². The Morgan fingerprint density at radius 1 is 1.07 bits per heavy atom. The van der Waals surface area contributed by atoms with E-state index in [0.29, 0.717) is 54.4 Å². The minimum atomic E-state index is -1.25. The summed E-state index contributed by atoms with van der Waals surface area (Å²) in [5.74, 6) is -0.928. The first-order valence-electron chi connectivity index (χ1n) is 14.1. The van der Waals surface area contributed by atoms with Gasteiger partial charge in [-0.15, -0.1) is 0 Å². The number of hydrogen-bond acceptors (Lipinski definition) is 4. The third-order valence-electron chi connectivity index (χ3n) is 8.27. The third-order valence-corrected chi connectivity index (χ3v) is 8.55. The summed E-state index contributed by atoms with van der Waals surface area (Å²) in [4.78, 5) is 28.0. The second-order valence-corrected chi connectivity index (χ2v) is 12.6. The Kier molecular flexibility index (Phi) is 7.81. The fourth-order valence-electron chi connectivity index (χ4n) is 6.34. The molecule has 0 aromatic heterocycles. The quantitative estimate of drug-likeness (QED) is 0.393. The summed E-state index contributed by atoms with van der Waals surface area (Å²) in [6.45, 7) is 12.7. The van der Waals surface area contributed by atoms with Crippen molar-refractivity contribution >= 4 is 23.5 Å². The highest BCUT2D eigenvalue weighted by atomic mass is 35.5. The van der Waals surface area contributed by atoms with E-state index >= 15 is 0 Å². The number of hydrogen-bond donors (Lipinski definition) is 1. The van der Waals surface area contributed by atoms with Gasteiger partial charge in [-0.1, -0.05) is 17.7 Å². The van der Waals surface area contributed by atoms with Crippen LogP contribution in [0.1, 0.15) is 85.1 Å². The van der Waals surface area contributed by atoms with Crippen LogP contribution in [0.2, 0.25) is 5.02 Å². The van der Waals surface area contributed by atoms with Gasteiger partial charge < -0.3 is 19.5 Å². The molecule has 218 valence electrons. The molecule has 0 saturated carbocycles. The Balaban J connectivity index is 1.73. The molecular formula is C33H37ClFNO5. The van der Waals surface area contributed by atoms with Crippen molar-refractivity contribution in [3.05, 3.63) is 73.6 Å². The van der Waals surface area contributed by atoms with Gasteiger partial charge in [-0.05, 0) is 117 Å². The molecule has 5 rings (SSSR count). The number of amides is 1. The van der Waals surface area contributed by atoms with E-state index in [0.717, 1.165) is 57.3 Å². The summed E-state index contributed by atoms with van der Waals surface area (Å²) >= 11 is 6.77. The average Bonchev–Trinajstić information content (AvgIpc) is 3.37. The van der Waals surface area contributed by atoms with Gasteiger partial charge in [-0.25, -0.2) is 9.18 Å². The first kappa shape index (κ1) is 29.3. The number of carbonyl (C=O) groups excluding carboxylic acids is 1. The Morgan fingerprint density at radius 3 is 2.39 bits per heavy atom. The van der Waals surface area contributed by atoms with Crippen LogP contribution in [0.4, 0.5) is 4.39 Å². The lowest BCUT2D eigenvalue weighted by Gasteiger charge is -2.31. The zero-order valence-electron chi connectivity index (χ0n) is 24.5. The molecule has 0 spiro atoms. The summed E-state index contributed by atoms with van der Waals surface area (Å²) in [5.41, 5.74) is 7.35. The van der Waals surface area contributed by atoms with E-state index in [4.69, 9.17) is 21.1 Å². The molecule has 2 aliphatic heterocycles. The fraction of sp³-hybridized carbons (Fsp3) is 0.455. The predicted molar refractivity (Wildman–Crippen MR) is 157 cm³/mol. The molecule has 1 amide bonds. The Labute approximate surface area is 245 Å². The van der Waals surface area contributed by atoms with Crippen molar-refractivity contribution in [3.63, 3.8) is 0 Å². The number of carbonyl (C=O) groups is 2. The van der Waals surface area contributed by atoms with Crippen LogP contribution in [0, 0.1) is 20.8 Å². The molecule has 1 N–H and O–H groups in total. The van der Waals surface area contributed by atoms with Crippen LogP contribution < -0.4 is 4.74 Å². The van der Waals surface area contributed by atoms with Crippen molar-refractivity contribution in [2.45, 2.75) is 92.0 Å². The highest BCUT2D eigenvalue weighted by Crippen LogP contribution is 2.48. The van der Waals surface area contributed by atoms with Gasteiger partial charge in [-0.3, -0.25) is 4.79 Å². The number of carboxylic acids is 1. The summed E-state index contributed by atoms with van der Waals surface area (Å²) in [6.07, 6.45) is 4.34. The predicted octanol–water partition coefficient (Wildman–Crippen LogP) is 7.61. The standard InChI is InChI=1S/C33H37ClFNO5/c1-17-22-11-8-12-40-29(22)26(34)14-23(17)27-18(2)24-15-36(31(37)20-9-7-10-21(35)13-20)16-25(24)19(3)28(27)30(32(38)39)41-33(4,5)6/h9,13-14,30H,7-8,10-12,15-16H2,1-6H3,(H,38,39)/t30-/m0/s1. The van der Waals surface area contributed by atoms with Crippen molar-refractivity contribution in [3.8, 4) is 16.9 Å². The van der Waals surface area contributed by atoms with Crippen LogP contribution in [0.15, 0.2) is 29.6 Å². The molecule has 41 heavy (non-hydrogen) atoms. The van der Waals surface area contributed by atoms with Crippen LogP contribution >= 0.6 is 11.6 Å². The number of allylic oxidation sites excluding steroid dienone is 2. The summed E-state index contributed by atoms with van der Waals surface area (Å²) < 4.78 is 26.1. The average molecular weight is 582 g/mol. The van der Waals surface area contributed by atoms with Crippen LogP contribution in [0.25, 0.3) is 11.1 Å². The number of aliphatic carboxylic acids is 1. The van der Waals surface area contributed by atoms with E-state index in [1.807, 2.05) is 47.6 Å². The number of rotatable bonds is 5. The SMILES string of the molecule is Cc1c(-c2c(C)c3c(c(C)c2[C@H](OC(C)(C)C)C(=O)O)CN(C(=O)C2=CCCC(F)=C2)C3)cc(Cl)c2c1CCCO2. The molecule has 3 aliphatic rings. The zero-order chi connectivity index (χ0) is 29.8. The molecule has 1 aliphatic carbocycles. The van der Waals surface area contributed by atoms with E-state index in [-0.39, 0.29) is 11.7 Å². The summed E-state index contributed by atoms with van der Waals surface area (Å²) in [7, 11) is 0.